The molecule has 1 saturated heterocycles. The fraction of sp³-hybridized carbons (Fsp3) is 0.500. The summed E-state index contributed by atoms with van der Waals surface area (Å²) in [5.41, 5.74) is 2.45. The highest BCUT2D eigenvalue weighted by molar-refractivity contribution is 5.89. The molecule has 3 rings (SSSR count). The zero-order valence-corrected chi connectivity index (χ0v) is 12.2. The number of nitrogens with zero attached hydrogens (tertiary/aromatic N) is 1. The van der Waals surface area contributed by atoms with Crippen LogP contribution >= 0.6 is 0 Å². The van der Waals surface area contributed by atoms with E-state index in [1.54, 1.807) is 11.8 Å². The quantitative estimate of drug-likeness (QED) is 0.884. The minimum Gasteiger partial charge on any atom is -0.371 e. The number of benzene rings is 1. The Bertz CT molecular complexity index is 558. The summed E-state index contributed by atoms with van der Waals surface area (Å²) in [7, 11) is 0. The van der Waals surface area contributed by atoms with Crippen molar-refractivity contribution in [1.82, 2.24) is 10.2 Å². The molecule has 1 N–H and O–H groups in total. The predicted octanol–water partition coefficient (Wildman–Crippen LogP) is 1.04. The highest BCUT2D eigenvalue weighted by atomic mass is 16.5. The zero-order valence-electron chi connectivity index (χ0n) is 12.2. The standard InChI is InChI=1S/C16H20N2O3/c1-11-16(20)18(8-6-15(19)17-11)10-14-13-5-3-2-4-12(13)7-9-21-14/h2-5,11,14H,6-10H2,1H3,(H,17,19). The van der Waals surface area contributed by atoms with Crippen LogP contribution in [0.25, 0.3) is 0 Å². The number of carbonyl (C=O) groups excluding carboxylic acids is 2. The van der Waals surface area contributed by atoms with Gasteiger partial charge in [-0.2, -0.15) is 0 Å². The van der Waals surface area contributed by atoms with Gasteiger partial charge in [0.25, 0.3) is 0 Å². The van der Waals surface area contributed by atoms with E-state index in [1.807, 2.05) is 12.1 Å². The molecule has 2 unspecified atom stereocenters. The molecule has 2 aliphatic rings. The van der Waals surface area contributed by atoms with Gasteiger partial charge in [-0.15, -0.1) is 0 Å². The number of fused-ring (bicyclic) bond motifs is 1. The first-order chi connectivity index (χ1) is 10.1. The summed E-state index contributed by atoms with van der Waals surface area (Å²) in [6.07, 6.45) is 1.17. The molecular formula is C16H20N2O3. The summed E-state index contributed by atoms with van der Waals surface area (Å²) in [4.78, 5) is 25.6. The van der Waals surface area contributed by atoms with Crippen LogP contribution in [-0.2, 0) is 20.7 Å². The van der Waals surface area contributed by atoms with Crippen molar-refractivity contribution in [1.29, 1.82) is 0 Å². The Morgan fingerprint density at radius 2 is 2.10 bits per heavy atom. The van der Waals surface area contributed by atoms with Crippen molar-refractivity contribution in [2.24, 2.45) is 0 Å². The van der Waals surface area contributed by atoms with Gasteiger partial charge < -0.3 is 15.0 Å². The van der Waals surface area contributed by atoms with Crippen molar-refractivity contribution in [3.05, 3.63) is 35.4 Å². The Kier molecular flexibility index (Phi) is 3.92. The molecule has 0 bridgehead atoms. The van der Waals surface area contributed by atoms with E-state index < -0.39 is 6.04 Å². The number of hydrogen-bond donors (Lipinski definition) is 1. The minimum atomic E-state index is -0.459. The molecule has 2 aliphatic heterocycles. The molecule has 0 aliphatic carbocycles. The largest absolute Gasteiger partial charge is 0.371 e. The van der Waals surface area contributed by atoms with Crippen molar-refractivity contribution in [2.45, 2.75) is 31.9 Å². The van der Waals surface area contributed by atoms with E-state index in [-0.39, 0.29) is 17.9 Å². The predicted molar refractivity (Wildman–Crippen MR) is 77.6 cm³/mol. The Morgan fingerprint density at radius 1 is 1.29 bits per heavy atom. The lowest BCUT2D eigenvalue weighted by molar-refractivity contribution is -0.135. The smallest absolute Gasteiger partial charge is 0.244 e. The van der Waals surface area contributed by atoms with E-state index in [2.05, 4.69) is 17.4 Å². The van der Waals surface area contributed by atoms with Gasteiger partial charge in [0.1, 0.15) is 12.1 Å². The lowest BCUT2D eigenvalue weighted by atomic mass is 9.97. The SMILES string of the molecule is CC1NC(=O)CCN(CC2OCCc3ccccc32)C1=O. The van der Waals surface area contributed by atoms with Gasteiger partial charge in [-0.05, 0) is 24.5 Å². The molecular weight excluding hydrogens is 268 g/mol. The average molecular weight is 288 g/mol. The zero-order chi connectivity index (χ0) is 14.8. The van der Waals surface area contributed by atoms with Gasteiger partial charge in [0.2, 0.25) is 11.8 Å². The number of rotatable bonds is 2. The van der Waals surface area contributed by atoms with Crippen LogP contribution in [0.4, 0.5) is 0 Å². The molecule has 0 radical (unpaired) electrons. The van der Waals surface area contributed by atoms with Crippen LogP contribution in [0.5, 0.6) is 0 Å². The fourth-order valence-corrected chi connectivity index (χ4v) is 3.01. The van der Waals surface area contributed by atoms with E-state index >= 15 is 0 Å². The molecule has 5 nitrogen and oxygen atoms in total. The van der Waals surface area contributed by atoms with Crippen LogP contribution < -0.4 is 5.32 Å². The van der Waals surface area contributed by atoms with Gasteiger partial charge in [-0.25, -0.2) is 0 Å². The van der Waals surface area contributed by atoms with Crippen LogP contribution in [0.3, 0.4) is 0 Å². The fourth-order valence-electron chi connectivity index (χ4n) is 3.01. The molecule has 1 aromatic carbocycles. The first-order valence-corrected chi connectivity index (χ1v) is 7.42. The molecule has 5 heteroatoms. The highest BCUT2D eigenvalue weighted by Gasteiger charge is 2.30. The average Bonchev–Trinajstić information content (AvgIpc) is 2.61. The van der Waals surface area contributed by atoms with Gasteiger partial charge in [0, 0.05) is 13.0 Å². The second kappa shape index (κ2) is 5.85. The van der Waals surface area contributed by atoms with Crippen LogP contribution in [0, 0.1) is 0 Å². The monoisotopic (exact) mass is 288 g/mol. The molecule has 1 aromatic rings. The number of amides is 2. The van der Waals surface area contributed by atoms with Crippen molar-refractivity contribution in [2.75, 3.05) is 19.7 Å². The number of carbonyl (C=O) groups is 2. The summed E-state index contributed by atoms with van der Waals surface area (Å²) in [6.45, 7) is 3.37. The van der Waals surface area contributed by atoms with E-state index in [0.29, 0.717) is 26.1 Å². The molecule has 2 amide bonds. The van der Waals surface area contributed by atoms with Gasteiger partial charge in [0.05, 0.1) is 13.2 Å². The lowest BCUT2D eigenvalue weighted by Gasteiger charge is -2.31. The molecule has 0 saturated carbocycles. The maximum Gasteiger partial charge on any atom is 0.244 e. The third-order valence-corrected chi connectivity index (χ3v) is 4.15. The van der Waals surface area contributed by atoms with Crippen molar-refractivity contribution in [3.63, 3.8) is 0 Å². The molecule has 112 valence electrons. The maximum absolute atomic E-state index is 12.3. The molecule has 2 heterocycles. The summed E-state index contributed by atoms with van der Waals surface area (Å²) in [5, 5.41) is 2.71. The first kappa shape index (κ1) is 14.1. The normalized spacial score (nSPS) is 26.0. The third-order valence-electron chi connectivity index (χ3n) is 4.15. The Balaban J connectivity index is 1.77. The highest BCUT2D eigenvalue weighted by Crippen LogP contribution is 2.28. The summed E-state index contributed by atoms with van der Waals surface area (Å²) >= 11 is 0. The minimum absolute atomic E-state index is 0.0347. The number of nitrogens with one attached hydrogen (secondary N) is 1. The van der Waals surface area contributed by atoms with E-state index in [1.165, 1.54) is 5.56 Å². The summed E-state index contributed by atoms with van der Waals surface area (Å²) in [5.74, 6) is -0.101. The Hall–Kier alpha value is -1.88. The van der Waals surface area contributed by atoms with Crippen LogP contribution in [-0.4, -0.2) is 42.5 Å². The second-order valence-corrected chi connectivity index (χ2v) is 5.63. The molecule has 2 atom stereocenters. The van der Waals surface area contributed by atoms with E-state index in [9.17, 15) is 9.59 Å². The Morgan fingerprint density at radius 3 is 2.95 bits per heavy atom. The molecule has 0 spiro atoms. The van der Waals surface area contributed by atoms with Gasteiger partial charge in [-0.1, -0.05) is 24.3 Å². The summed E-state index contributed by atoms with van der Waals surface area (Å²) < 4.78 is 5.86. The Labute approximate surface area is 124 Å². The van der Waals surface area contributed by atoms with Crippen molar-refractivity contribution >= 4 is 11.8 Å². The molecule has 21 heavy (non-hydrogen) atoms. The van der Waals surface area contributed by atoms with Crippen molar-refractivity contribution < 1.29 is 14.3 Å². The van der Waals surface area contributed by atoms with Crippen molar-refractivity contribution in [3.8, 4) is 0 Å². The topological polar surface area (TPSA) is 58.6 Å². The first-order valence-electron chi connectivity index (χ1n) is 7.42. The van der Waals surface area contributed by atoms with E-state index in [0.717, 1.165) is 12.0 Å². The summed E-state index contributed by atoms with van der Waals surface area (Å²) in [6, 6.07) is 7.75. The van der Waals surface area contributed by atoms with Crippen LogP contribution in [0.2, 0.25) is 0 Å². The number of ether oxygens (including phenoxy) is 1. The van der Waals surface area contributed by atoms with E-state index in [4.69, 9.17) is 4.74 Å². The van der Waals surface area contributed by atoms with Gasteiger partial charge in [0.15, 0.2) is 0 Å². The van der Waals surface area contributed by atoms with Crippen LogP contribution in [0.1, 0.15) is 30.6 Å². The number of hydrogen-bond acceptors (Lipinski definition) is 3. The third kappa shape index (κ3) is 2.93. The van der Waals surface area contributed by atoms with Gasteiger partial charge >= 0.3 is 0 Å². The molecule has 0 aromatic heterocycles. The van der Waals surface area contributed by atoms with Crippen LogP contribution in [0.15, 0.2) is 24.3 Å². The lowest BCUT2D eigenvalue weighted by Crippen LogP contribution is -2.44. The second-order valence-electron chi connectivity index (χ2n) is 5.63. The molecule has 1 fully saturated rings. The van der Waals surface area contributed by atoms with Gasteiger partial charge in [-0.3, -0.25) is 9.59 Å². The maximum atomic E-state index is 12.3.